The first kappa shape index (κ1) is 106. The molecule has 2 aromatic rings. The molecule has 0 aliphatic carbocycles. The number of ketones is 5. The zero-order chi connectivity index (χ0) is 92.6. The number of likely N-dealkylation sites (tertiary alicyclic amines) is 1. The molecule has 7 heterocycles. The van der Waals surface area contributed by atoms with Crippen molar-refractivity contribution in [2.75, 3.05) is 125 Å². The summed E-state index contributed by atoms with van der Waals surface area (Å²) in [5, 5.41) is 105. The number of hydrogen-bond donors (Lipinski definition) is 17. The molecule has 22 atom stereocenters. The lowest BCUT2D eigenvalue weighted by molar-refractivity contribution is -0.269. The number of nitrogen functional groups attached to an aromatic ring is 1. The van der Waals surface area contributed by atoms with Crippen molar-refractivity contribution < 1.29 is 179 Å². The lowest BCUT2D eigenvalue weighted by Gasteiger charge is -2.42. The van der Waals surface area contributed by atoms with Crippen molar-refractivity contribution in [2.24, 2.45) is 0 Å². The number of fused-ring (bicyclic) bond motifs is 1. The molecule has 2 aromatic heterocycles. The number of aliphatic hydroxyl groups excluding tert-OH is 9. The maximum Gasteiger partial charge on any atom is 0.325 e. The second-order valence-electron chi connectivity index (χ2n) is 31.3. The number of Topliss-reactive ketones (excluding diaryl/α,β-unsaturated/α-hetero) is 5. The van der Waals surface area contributed by atoms with Crippen molar-refractivity contribution in [3.8, 4) is 0 Å². The van der Waals surface area contributed by atoms with Crippen LogP contribution in [0.25, 0.3) is 11.2 Å². The number of aliphatic hydroxyl groups is 9. The van der Waals surface area contributed by atoms with E-state index in [9.17, 15) is 113 Å². The number of anilines is 1. The minimum absolute atomic E-state index is 0.00344. The molecule has 6 amide bonds. The van der Waals surface area contributed by atoms with Gasteiger partial charge in [0, 0.05) is 138 Å². The number of nitrogens with zero attached hydrogens (tertiary/aromatic N) is 5. The lowest BCUT2D eigenvalue weighted by atomic mass is 9.97. The van der Waals surface area contributed by atoms with Gasteiger partial charge >= 0.3 is 7.60 Å². The van der Waals surface area contributed by atoms with Gasteiger partial charge in [-0.2, -0.15) is 0 Å². The standard InChI is InChI=1S/C76H123N11O37P2/c1-42(91)82-61-68(105)65(102)53(32-88)121-73(61)115-26-18-48(96)11-7-9-46(94)16-23-112-37-76(38-113-24-17-47(95)10-8-12-49(97)19-27-116-74-62(83-43(2)92)69(106)66(103)54(33-89)122-74,39-114-25-21-57(99)78-22-15-50(98)20-28-117-75-63(84-44(3)93)70(107)67(104)55(34-90)123-75)85-58(100)13-14-59(101)86-31-51(111-4)29-45(86)35-119-126(6,110)124-52-30-60(120-56(52)36-118-125(5,108)109)87-41-81-64-71(77)79-40-80-72(64)87/h40-41,45,51-56,60-63,65-70,73-75,88-90,102-107,110H,6-39H2,1-5H3,(H,78,99)(H,82,91)(H,83,92)(H,84,93)(H,85,100)(H,108,109)(H2,77,79,80)/t45-,51+,52-,53?,54?,55?,56+,60+,61?,62?,63?,65-,66-,67-,68+,69+,70+,73+,74+,75+,76?,126?/m0/s1. The fourth-order valence-electron chi connectivity index (χ4n) is 14.4. The molecule has 0 aromatic carbocycles. The highest BCUT2D eigenvalue weighted by Crippen LogP contribution is 2.50. The molecule has 0 radical (unpaired) electrons. The molecule has 48 nitrogen and oxygen atoms in total. The van der Waals surface area contributed by atoms with Crippen LogP contribution in [-0.2, 0) is 123 Å². The third-order valence-electron chi connectivity index (χ3n) is 21.1. The number of carbonyl (C=O) groups excluding carboxylic acids is 11. The molecule has 5 aliphatic rings. The molecule has 7 rings (SSSR count). The summed E-state index contributed by atoms with van der Waals surface area (Å²) in [7, 11) is -6.79. The molecule has 0 bridgehead atoms. The number of rotatable bonds is 58. The van der Waals surface area contributed by atoms with E-state index in [0.29, 0.717) is 0 Å². The van der Waals surface area contributed by atoms with Crippen LogP contribution in [0.4, 0.5) is 5.82 Å². The number of aromatic nitrogens is 4. The highest BCUT2D eigenvalue weighted by atomic mass is 31.2. The van der Waals surface area contributed by atoms with E-state index in [1.54, 1.807) is 0 Å². The lowest BCUT2D eigenvalue weighted by Crippen LogP contribution is -2.64. The highest BCUT2D eigenvalue weighted by molar-refractivity contribution is 7.58. The van der Waals surface area contributed by atoms with E-state index in [-0.39, 0.29) is 196 Å². The highest BCUT2D eigenvalue weighted by Gasteiger charge is 2.50. The van der Waals surface area contributed by atoms with Crippen LogP contribution in [0.5, 0.6) is 0 Å². The van der Waals surface area contributed by atoms with Gasteiger partial charge in [-0.05, 0) is 25.6 Å². The number of amides is 6. The van der Waals surface area contributed by atoms with Crippen LogP contribution >= 0.6 is 15.2 Å². The van der Waals surface area contributed by atoms with Gasteiger partial charge in [-0.15, -0.1) is 0 Å². The molecular weight excluding hydrogens is 1720 g/mol. The van der Waals surface area contributed by atoms with Crippen molar-refractivity contribution >= 4 is 103 Å². The molecule has 5 aliphatic heterocycles. The summed E-state index contributed by atoms with van der Waals surface area (Å²) in [6, 6.07) is -4.57. The Kier molecular flexibility index (Phi) is 43.9. The van der Waals surface area contributed by atoms with Crippen LogP contribution in [0.1, 0.15) is 136 Å². The predicted molar refractivity (Wildman–Crippen MR) is 433 cm³/mol. The fourth-order valence-corrected chi connectivity index (χ4v) is 15.9. The van der Waals surface area contributed by atoms with Crippen molar-refractivity contribution in [3.63, 3.8) is 0 Å². The Morgan fingerprint density at radius 3 is 1.43 bits per heavy atom. The van der Waals surface area contributed by atoms with Gasteiger partial charge in [0.2, 0.25) is 43.0 Å². The molecular formula is C76H123N11O37P2. The quantitative estimate of drug-likeness (QED) is 0.0217. The van der Waals surface area contributed by atoms with E-state index in [1.807, 2.05) is 0 Å². The largest absolute Gasteiger partial charge is 0.394 e. The van der Waals surface area contributed by atoms with Crippen molar-refractivity contribution in [2.45, 2.75) is 258 Å². The predicted octanol–water partition coefficient (Wildman–Crippen LogP) is -5.67. The Balaban J connectivity index is 1.01. The number of ether oxygens (including phenoxy) is 11. The van der Waals surface area contributed by atoms with E-state index >= 15 is 0 Å². The van der Waals surface area contributed by atoms with Crippen molar-refractivity contribution in [3.05, 3.63) is 12.7 Å². The van der Waals surface area contributed by atoms with Gasteiger partial charge in [-0.3, -0.25) is 61.9 Å². The van der Waals surface area contributed by atoms with Gasteiger partial charge in [0.25, 0.3) is 0 Å². The number of nitrogens with one attached hydrogen (secondary N) is 5. The smallest absolute Gasteiger partial charge is 0.325 e. The summed E-state index contributed by atoms with van der Waals surface area (Å²) in [5.74, 6) is -5.44. The second kappa shape index (κ2) is 52.2. The minimum atomic E-state index is -4.13. The Labute approximate surface area is 725 Å². The summed E-state index contributed by atoms with van der Waals surface area (Å²) in [5.41, 5.74) is 4.80. The van der Waals surface area contributed by atoms with Crippen molar-refractivity contribution in [1.29, 1.82) is 0 Å². The van der Waals surface area contributed by atoms with Crippen LogP contribution < -0.4 is 32.3 Å². The molecule has 0 saturated carbocycles. The molecule has 18 N–H and O–H groups in total. The Hall–Kier alpha value is -6.95. The zero-order valence-corrected chi connectivity index (χ0v) is 72.8. The topological polar surface area (TPSA) is 690 Å². The van der Waals surface area contributed by atoms with Gasteiger partial charge in [0.1, 0.15) is 132 Å². The van der Waals surface area contributed by atoms with Gasteiger partial charge < -0.3 is 159 Å². The monoisotopic (exact) mass is 1840 g/mol. The summed E-state index contributed by atoms with van der Waals surface area (Å²) in [6.07, 6.45) is -17.2. The van der Waals surface area contributed by atoms with Crippen LogP contribution in [-0.4, -0.2) is 392 Å². The minimum Gasteiger partial charge on any atom is -0.394 e. The van der Waals surface area contributed by atoms with Crippen molar-refractivity contribution in [1.82, 2.24) is 51.0 Å². The van der Waals surface area contributed by atoms with Gasteiger partial charge in [-0.1, -0.05) is 0 Å². The summed E-state index contributed by atoms with van der Waals surface area (Å²) in [4.78, 5) is 179. The Morgan fingerprint density at radius 2 is 0.992 bits per heavy atom. The normalized spacial score (nSPS) is 28.2. The van der Waals surface area contributed by atoms with E-state index in [2.05, 4.69) is 47.8 Å². The first-order valence-corrected chi connectivity index (χ1v) is 45.1. The number of carbonyl (C=O) groups is 11. The first-order valence-electron chi connectivity index (χ1n) is 41.3. The molecule has 50 heteroatoms. The van der Waals surface area contributed by atoms with Gasteiger partial charge in [-0.25, -0.2) is 15.0 Å². The summed E-state index contributed by atoms with van der Waals surface area (Å²) < 4.78 is 94.8. The van der Waals surface area contributed by atoms with E-state index in [4.69, 9.17) is 71.4 Å². The van der Waals surface area contributed by atoms with Crippen LogP contribution in [0.3, 0.4) is 0 Å². The zero-order valence-electron chi connectivity index (χ0n) is 71.0. The third kappa shape index (κ3) is 34.1. The second-order valence-corrected chi connectivity index (χ2v) is 34.9. The Morgan fingerprint density at radius 1 is 0.548 bits per heavy atom. The number of imidazole rings is 1. The van der Waals surface area contributed by atoms with Crippen LogP contribution in [0.2, 0.25) is 0 Å². The van der Waals surface area contributed by atoms with Gasteiger partial charge in [0.05, 0.1) is 117 Å². The van der Waals surface area contributed by atoms with Gasteiger partial charge in [0.15, 0.2) is 30.3 Å². The van der Waals surface area contributed by atoms with Crippen LogP contribution in [0, 0.1) is 0 Å². The molecule has 8 unspecified atom stereocenters. The van der Waals surface area contributed by atoms with Crippen LogP contribution in [0.15, 0.2) is 12.7 Å². The Bertz CT molecular complexity index is 3760. The maximum atomic E-state index is 14.6. The number of hydrogen-bond acceptors (Lipinski definition) is 40. The third-order valence-corrected chi connectivity index (χ3v) is 22.9. The fraction of sp³-hybridized carbons (Fsp3) is 0.776. The number of nitrogens with two attached hydrogens (primary N) is 1. The molecule has 5 fully saturated rings. The molecule has 0 spiro atoms. The van der Waals surface area contributed by atoms with E-state index < -0.39 is 244 Å². The van der Waals surface area contributed by atoms with E-state index in [1.165, 1.54) is 29.2 Å². The summed E-state index contributed by atoms with van der Waals surface area (Å²) >= 11 is 0. The van der Waals surface area contributed by atoms with E-state index in [0.717, 1.165) is 27.4 Å². The summed E-state index contributed by atoms with van der Waals surface area (Å²) in [6.45, 7) is -1.94. The maximum absolute atomic E-state index is 14.6. The first-order chi connectivity index (χ1) is 59.8. The molecule has 714 valence electrons. The SMILES string of the molecule is C=P(O)(OC[C@@H]1C[C@@H](OC)CN1C(=O)CCC(=O)NC(COCCC(=O)CCCC(=O)CCO[C@@H]1OC(CO)[C@H](O)[C@H](O)C1NC(C)=O)(COCCC(=O)CCCC(=O)CCO[C@@H]1OC(CO)[C@H](O)[C@H](O)C1NC(C)=O)COCCC(=O)NCCC(=O)CCO[C@@H]1OC(CO)[C@H](O)[C@H](O)C1NC(C)=O)O[C@H]1C[C@H](n2cnc3c(N)ncnc32)O[C@@H]1COP(C)(=O)O. The molecule has 5 saturated heterocycles. The molecule has 126 heavy (non-hydrogen) atoms. The average molecular weight is 1840 g/mol. The average Bonchev–Trinajstić information content (AvgIpc) is 1.48. The number of methoxy groups -OCH3 is 1.